The van der Waals surface area contributed by atoms with Crippen LogP contribution in [0.2, 0.25) is 10.0 Å². The molecule has 2 aromatic rings. The van der Waals surface area contributed by atoms with Crippen molar-refractivity contribution in [2.24, 2.45) is 0 Å². The molecule has 6 nitrogen and oxygen atoms in total. The number of amides is 1. The fourth-order valence-electron chi connectivity index (χ4n) is 1.71. The van der Waals surface area contributed by atoms with E-state index in [1.54, 1.807) is 0 Å². The van der Waals surface area contributed by atoms with Gasteiger partial charge in [-0.05, 0) is 36.4 Å². The zero-order valence-electron chi connectivity index (χ0n) is 10.9. The quantitative estimate of drug-likeness (QED) is 0.575. The molecule has 0 saturated carbocycles. The van der Waals surface area contributed by atoms with E-state index in [1.165, 1.54) is 30.3 Å². The molecule has 0 aliphatic carbocycles. The molecule has 0 radical (unpaired) electrons. The van der Waals surface area contributed by atoms with Crippen LogP contribution < -0.4 is 11.1 Å². The smallest absolute Gasteiger partial charge is 0.296 e. The first-order valence-corrected chi connectivity index (χ1v) is 8.01. The summed E-state index contributed by atoms with van der Waals surface area (Å²) in [5.41, 5.74) is 5.64. The molecule has 4 N–H and O–H groups in total. The monoisotopic (exact) mass is 360 g/mol. The van der Waals surface area contributed by atoms with E-state index in [2.05, 4.69) is 5.32 Å². The van der Waals surface area contributed by atoms with Crippen molar-refractivity contribution in [2.45, 2.75) is 4.90 Å². The number of halogens is 2. The molecule has 2 aromatic carbocycles. The highest BCUT2D eigenvalue weighted by atomic mass is 35.5. The number of nitrogen functional groups attached to an aromatic ring is 1. The molecule has 0 unspecified atom stereocenters. The van der Waals surface area contributed by atoms with E-state index < -0.39 is 20.9 Å². The van der Waals surface area contributed by atoms with Crippen molar-refractivity contribution in [2.75, 3.05) is 11.1 Å². The number of benzene rings is 2. The fraction of sp³-hybridized carbons (Fsp3) is 0. The summed E-state index contributed by atoms with van der Waals surface area (Å²) < 4.78 is 31.4. The molecule has 0 fully saturated rings. The average molecular weight is 361 g/mol. The van der Waals surface area contributed by atoms with Crippen LogP contribution in [0.1, 0.15) is 10.4 Å². The van der Waals surface area contributed by atoms with Gasteiger partial charge < -0.3 is 11.1 Å². The molecule has 2 rings (SSSR count). The van der Waals surface area contributed by atoms with Gasteiger partial charge in [0.05, 0.1) is 16.3 Å². The lowest BCUT2D eigenvalue weighted by molar-refractivity contribution is 0.102. The van der Waals surface area contributed by atoms with Gasteiger partial charge in [-0.15, -0.1) is 0 Å². The fourth-order valence-corrected chi connectivity index (χ4v) is 2.84. The number of nitrogens with two attached hydrogens (primary N) is 1. The second-order valence-corrected chi connectivity index (χ2v) is 6.54. The maximum Gasteiger partial charge on any atom is 0.296 e. The van der Waals surface area contributed by atoms with E-state index in [9.17, 15) is 13.2 Å². The van der Waals surface area contributed by atoms with Crippen molar-refractivity contribution >= 4 is 50.6 Å². The second-order valence-electron chi connectivity index (χ2n) is 4.31. The molecule has 0 aromatic heterocycles. The minimum absolute atomic E-state index is 0.134. The van der Waals surface area contributed by atoms with Gasteiger partial charge in [-0.1, -0.05) is 23.2 Å². The Hall–Kier alpha value is -1.80. The normalized spacial score (nSPS) is 11.2. The maximum atomic E-state index is 12.1. The number of carbonyl (C=O) groups is 1. The molecule has 22 heavy (non-hydrogen) atoms. The van der Waals surface area contributed by atoms with Crippen molar-refractivity contribution in [3.63, 3.8) is 0 Å². The Morgan fingerprint density at radius 1 is 1.14 bits per heavy atom. The van der Waals surface area contributed by atoms with Gasteiger partial charge in [-0.2, -0.15) is 8.42 Å². The van der Waals surface area contributed by atoms with Gasteiger partial charge in [-0.25, -0.2) is 0 Å². The number of rotatable bonds is 3. The van der Waals surface area contributed by atoms with Crippen LogP contribution in [0.15, 0.2) is 41.3 Å². The number of hydrogen-bond acceptors (Lipinski definition) is 4. The van der Waals surface area contributed by atoms with E-state index in [1.807, 2.05) is 0 Å². The molecule has 0 bridgehead atoms. The van der Waals surface area contributed by atoms with Crippen LogP contribution in [0.25, 0.3) is 0 Å². The first-order valence-electron chi connectivity index (χ1n) is 5.82. The third-order valence-electron chi connectivity index (χ3n) is 2.73. The number of hydrogen-bond donors (Lipinski definition) is 3. The van der Waals surface area contributed by atoms with Gasteiger partial charge in [0.25, 0.3) is 16.0 Å². The van der Waals surface area contributed by atoms with Crippen LogP contribution in [0, 0.1) is 0 Å². The third-order valence-corrected chi connectivity index (χ3v) is 4.18. The van der Waals surface area contributed by atoms with Gasteiger partial charge in [0.15, 0.2) is 0 Å². The van der Waals surface area contributed by atoms with Gasteiger partial charge in [-0.3, -0.25) is 9.35 Å². The van der Waals surface area contributed by atoms with Crippen LogP contribution in [-0.2, 0) is 10.1 Å². The number of nitrogens with one attached hydrogen (secondary N) is 1. The first kappa shape index (κ1) is 16.6. The van der Waals surface area contributed by atoms with Crippen molar-refractivity contribution in [1.82, 2.24) is 0 Å². The summed E-state index contributed by atoms with van der Waals surface area (Å²) in [4.78, 5) is 11.6. The van der Waals surface area contributed by atoms with E-state index in [-0.39, 0.29) is 22.0 Å². The van der Waals surface area contributed by atoms with E-state index >= 15 is 0 Å². The number of carbonyl (C=O) groups excluding carboxylic acids is 1. The summed E-state index contributed by atoms with van der Waals surface area (Å²) in [6.45, 7) is 0. The number of anilines is 2. The summed E-state index contributed by atoms with van der Waals surface area (Å²) in [6, 6.07) is 8.03. The highest BCUT2D eigenvalue weighted by Crippen LogP contribution is 2.25. The molecule has 1 amide bonds. The Labute approximate surface area is 136 Å². The van der Waals surface area contributed by atoms with Crippen LogP contribution in [0.3, 0.4) is 0 Å². The standard InChI is InChI=1S/C13H10Cl2N2O4S/c14-7-1-3-9(10(15)5-7)13(18)17-8-2-4-11(16)12(6-8)22(19,20)21/h1-6H,16H2,(H,17,18)(H,19,20,21). The SMILES string of the molecule is Nc1ccc(NC(=O)c2ccc(Cl)cc2Cl)cc1S(=O)(=O)O. The average Bonchev–Trinajstić information content (AvgIpc) is 2.39. The summed E-state index contributed by atoms with van der Waals surface area (Å²) in [5.74, 6) is -0.562. The van der Waals surface area contributed by atoms with Crippen molar-refractivity contribution < 1.29 is 17.8 Å². The van der Waals surface area contributed by atoms with Crippen molar-refractivity contribution in [1.29, 1.82) is 0 Å². The first-order chi connectivity index (χ1) is 10.2. The molecule has 116 valence electrons. The molecule has 9 heteroatoms. The predicted octanol–water partition coefficient (Wildman–Crippen LogP) is 3.07. The van der Waals surface area contributed by atoms with Gasteiger partial charge >= 0.3 is 0 Å². The predicted molar refractivity (Wildman–Crippen MR) is 85.1 cm³/mol. The zero-order chi connectivity index (χ0) is 16.5. The van der Waals surface area contributed by atoms with Crippen LogP contribution in [-0.4, -0.2) is 18.9 Å². The van der Waals surface area contributed by atoms with Crippen LogP contribution in [0.4, 0.5) is 11.4 Å². The molecule has 0 spiro atoms. The van der Waals surface area contributed by atoms with Crippen molar-refractivity contribution in [3.8, 4) is 0 Å². The molecule has 0 aliphatic heterocycles. The highest BCUT2D eigenvalue weighted by molar-refractivity contribution is 7.86. The molecule has 0 aliphatic rings. The van der Waals surface area contributed by atoms with Crippen LogP contribution in [0.5, 0.6) is 0 Å². The molecule has 0 saturated heterocycles. The lowest BCUT2D eigenvalue weighted by Gasteiger charge is -2.09. The lowest BCUT2D eigenvalue weighted by atomic mass is 10.2. The van der Waals surface area contributed by atoms with E-state index in [0.717, 1.165) is 6.07 Å². The summed E-state index contributed by atoms with van der Waals surface area (Å²) in [5, 5.41) is 2.99. The topological polar surface area (TPSA) is 109 Å². The summed E-state index contributed by atoms with van der Waals surface area (Å²) in [6.07, 6.45) is 0. The van der Waals surface area contributed by atoms with Gasteiger partial charge in [0, 0.05) is 10.7 Å². The Morgan fingerprint density at radius 3 is 2.41 bits per heavy atom. The molecular weight excluding hydrogens is 351 g/mol. The summed E-state index contributed by atoms with van der Waals surface area (Å²) >= 11 is 11.7. The Bertz CT molecular complexity index is 853. The van der Waals surface area contributed by atoms with E-state index in [4.69, 9.17) is 33.5 Å². The third kappa shape index (κ3) is 3.69. The van der Waals surface area contributed by atoms with Crippen LogP contribution >= 0.6 is 23.2 Å². The van der Waals surface area contributed by atoms with Gasteiger partial charge in [0.1, 0.15) is 4.90 Å². The lowest BCUT2D eigenvalue weighted by Crippen LogP contribution is -2.13. The maximum absolute atomic E-state index is 12.1. The molecular formula is C13H10Cl2N2O4S. The Kier molecular flexibility index (Phi) is 4.62. The zero-order valence-corrected chi connectivity index (χ0v) is 13.2. The molecule has 0 atom stereocenters. The minimum atomic E-state index is -4.49. The largest absolute Gasteiger partial charge is 0.398 e. The van der Waals surface area contributed by atoms with E-state index in [0.29, 0.717) is 5.02 Å². The summed E-state index contributed by atoms with van der Waals surface area (Å²) in [7, 11) is -4.49. The molecule has 0 heterocycles. The Morgan fingerprint density at radius 2 is 1.82 bits per heavy atom. The second kappa shape index (κ2) is 6.13. The minimum Gasteiger partial charge on any atom is -0.398 e. The Balaban J connectivity index is 2.33. The van der Waals surface area contributed by atoms with Crippen molar-refractivity contribution in [3.05, 3.63) is 52.0 Å². The van der Waals surface area contributed by atoms with Gasteiger partial charge in [0.2, 0.25) is 0 Å². The highest BCUT2D eigenvalue weighted by Gasteiger charge is 2.16.